The maximum atomic E-state index is 11.6. The van der Waals surface area contributed by atoms with Crippen molar-refractivity contribution in [1.82, 2.24) is 5.32 Å². The number of imide groups is 2. The first kappa shape index (κ1) is 11.3. The van der Waals surface area contributed by atoms with Gasteiger partial charge in [-0.2, -0.15) is 0 Å². The Balaban J connectivity index is 2.51. The van der Waals surface area contributed by atoms with Crippen LogP contribution >= 0.6 is 0 Å². The molecule has 1 saturated heterocycles. The number of nitrogens with zero attached hydrogens (tertiary/aromatic N) is 1. The highest BCUT2D eigenvalue weighted by Crippen LogP contribution is 2.28. The molecule has 5 nitrogen and oxygen atoms in total. The molecule has 5 heteroatoms. The molecule has 1 aromatic carbocycles. The van der Waals surface area contributed by atoms with E-state index in [9.17, 15) is 14.4 Å². The lowest BCUT2D eigenvalue weighted by atomic mass is 10.0. The Morgan fingerprint density at radius 2 is 1.76 bits per heavy atom. The van der Waals surface area contributed by atoms with Crippen LogP contribution < -0.4 is 10.2 Å². The lowest BCUT2D eigenvalue weighted by Crippen LogP contribution is -2.31. The van der Waals surface area contributed by atoms with Gasteiger partial charge in [-0.25, -0.2) is 9.69 Å². The van der Waals surface area contributed by atoms with Crippen molar-refractivity contribution in [3.8, 4) is 0 Å². The summed E-state index contributed by atoms with van der Waals surface area (Å²) in [5.41, 5.74) is 1.32. The predicted molar refractivity (Wildman–Crippen MR) is 61.6 cm³/mol. The Bertz CT molecular complexity index is 508. The molecular weight excluding hydrogens is 220 g/mol. The highest BCUT2D eigenvalue weighted by Gasteiger charge is 2.39. The quantitative estimate of drug-likeness (QED) is 0.619. The standard InChI is InChI=1S/C12H12N2O3/c1-7(2)8-5-3-4-6-9(8)14-11(16)10(15)13-12(14)17/h3-7H,1-2H3,(H,13,15,17). The fourth-order valence-electron chi connectivity index (χ4n) is 1.80. The summed E-state index contributed by atoms with van der Waals surface area (Å²) in [5.74, 6) is -1.56. The average molecular weight is 232 g/mol. The number of benzene rings is 1. The van der Waals surface area contributed by atoms with Gasteiger partial charge in [0.15, 0.2) is 0 Å². The third-order valence-corrected chi connectivity index (χ3v) is 2.62. The Morgan fingerprint density at radius 1 is 1.12 bits per heavy atom. The monoisotopic (exact) mass is 232 g/mol. The van der Waals surface area contributed by atoms with Crippen LogP contribution in [-0.4, -0.2) is 17.8 Å². The maximum absolute atomic E-state index is 11.6. The van der Waals surface area contributed by atoms with Crippen molar-refractivity contribution in [2.75, 3.05) is 4.90 Å². The fraction of sp³-hybridized carbons (Fsp3) is 0.250. The summed E-state index contributed by atoms with van der Waals surface area (Å²) in [7, 11) is 0. The zero-order valence-electron chi connectivity index (χ0n) is 9.56. The SMILES string of the molecule is CC(C)c1ccccc1N1C(=O)NC(=O)C1=O. The molecule has 0 radical (unpaired) electrons. The Kier molecular flexibility index (Phi) is 2.67. The van der Waals surface area contributed by atoms with E-state index in [0.717, 1.165) is 10.5 Å². The number of rotatable bonds is 2. The Labute approximate surface area is 98.4 Å². The number of anilines is 1. The first-order valence-electron chi connectivity index (χ1n) is 5.30. The number of para-hydroxylation sites is 1. The molecule has 4 amide bonds. The van der Waals surface area contributed by atoms with Gasteiger partial charge in [0.05, 0.1) is 5.69 Å². The van der Waals surface area contributed by atoms with Crippen molar-refractivity contribution < 1.29 is 14.4 Å². The average Bonchev–Trinajstić information content (AvgIpc) is 2.53. The Morgan fingerprint density at radius 3 is 2.29 bits per heavy atom. The third kappa shape index (κ3) is 1.80. The lowest BCUT2D eigenvalue weighted by molar-refractivity contribution is -0.134. The van der Waals surface area contributed by atoms with Gasteiger partial charge in [-0.3, -0.25) is 14.9 Å². The molecule has 2 rings (SSSR count). The largest absolute Gasteiger partial charge is 0.336 e. The minimum atomic E-state index is -0.881. The van der Waals surface area contributed by atoms with Gasteiger partial charge in [-0.15, -0.1) is 0 Å². The summed E-state index contributed by atoms with van der Waals surface area (Å²) in [6.07, 6.45) is 0. The van der Waals surface area contributed by atoms with Crippen LogP contribution in [0.1, 0.15) is 25.3 Å². The summed E-state index contributed by atoms with van der Waals surface area (Å²) >= 11 is 0. The molecule has 0 spiro atoms. The van der Waals surface area contributed by atoms with Crippen molar-refractivity contribution in [3.63, 3.8) is 0 Å². The highest BCUT2D eigenvalue weighted by atomic mass is 16.2. The normalized spacial score (nSPS) is 15.7. The molecule has 0 atom stereocenters. The van der Waals surface area contributed by atoms with Crippen LogP contribution in [0, 0.1) is 0 Å². The third-order valence-electron chi connectivity index (χ3n) is 2.62. The van der Waals surface area contributed by atoms with E-state index in [1.165, 1.54) is 0 Å². The van der Waals surface area contributed by atoms with Gasteiger partial charge in [0.1, 0.15) is 0 Å². The number of hydrogen-bond donors (Lipinski definition) is 1. The molecule has 88 valence electrons. The zero-order valence-corrected chi connectivity index (χ0v) is 9.56. The highest BCUT2D eigenvalue weighted by molar-refractivity contribution is 6.53. The van der Waals surface area contributed by atoms with Gasteiger partial charge in [0.25, 0.3) is 0 Å². The van der Waals surface area contributed by atoms with Crippen molar-refractivity contribution in [1.29, 1.82) is 0 Å². The summed E-state index contributed by atoms with van der Waals surface area (Å²) in [6.45, 7) is 3.91. The number of carbonyl (C=O) groups is 3. The molecule has 1 fully saturated rings. The lowest BCUT2D eigenvalue weighted by Gasteiger charge is -2.18. The first-order chi connectivity index (χ1) is 8.02. The van der Waals surface area contributed by atoms with Gasteiger partial charge in [0.2, 0.25) is 0 Å². The topological polar surface area (TPSA) is 66.5 Å². The van der Waals surface area contributed by atoms with Gasteiger partial charge in [0, 0.05) is 0 Å². The maximum Gasteiger partial charge on any atom is 0.336 e. The molecule has 0 bridgehead atoms. The number of urea groups is 1. The van der Waals surface area contributed by atoms with E-state index in [1.807, 2.05) is 31.3 Å². The summed E-state index contributed by atoms with van der Waals surface area (Å²) in [6, 6.07) is 6.37. The van der Waals surface area contributed by atoms with Crippen LogP contribution in [0.15, 0.2) is 24.3 Å². The molecule has 1 heterocycles. The smallest absolute Gasteiger partial charge is 0.269 e. The first-order valence-corrected chi connectivity index (χ1v) is 5.30. The number of amides is 4. The second-order valence-corrected chi connectivity index (χ2v) is 4.11. The molecule has 0 aliphatic carbocycles. The Hall–Kier alpha value is -2.17. The van der Waals surface area contributed by atoms with Crippen molar-refractivity contribution in [2.24, 2.45) is 0 Å². The van der Waals surface area contributed by atoms with Crippen molar-refractivity contribution in [3.05, 3.63) is 29.8 Å². The second kappa shape index (κ2) is 4.01. The van der Waals surface area contributed by atoms with Gasteiger partial charge in [-0.1, -0.05) is 32.0 Å². The van der Waals surface area contributed by atoms with Crippen LogP contribution in [0.2, 0.25) is 0 Å². The second-order valence-electron chi connectivity index (χ2n) is 4.11. The van der Waals surface area contributed by atoms with E-state index in [0.29, 0.717) is 5.69 Å². The van der Waals surface area contributed by atoms with Crippen LogP contribution in [0.25, 0.3) is 0 Å². The van der Waals surface area contributed by atoms with E-state index >= 15 is 0 Å². The van der Waals surface area contributed by atoms with E-state index in [2.05, 4.69) is 0 Å². The number of nitrogens with one attached hydrogen (secondary N) is 1. The minimum Gasteiger partial charge on any atom is -0.269 e. The van der Waals surface area contributed by atoms with E-state index in [4.69, 9.17) is 0 Å². The molecule has 0 saturated carbocycles. The summed E-state index contributed by atoms with van der Waals surface area (Å²) in [4.78, 5) is 35.1. The molecule has 1 aliphatic heterocycles. The molecule has 1 aromatic rings. The minimum absolute atomic E-state index is 0.155. The van der Waals surface area contributed by atoms with Crippen LogP contribution in [-0.2, 0) is 9.59 Å². The van der Waals surface area contributed by atoms with Crippen molar-refractivity contribution in [2.45, 2.75) is 19.8 Å². The van der Waals surface area contributed by atoms with E-state index in [1.54, 1.807) is 12.1 Å². The van der Waals surface area contributed by atoms with Crippen LogP contribution in [0.3, 0.4) is 0 Å². The van der Waals surface area contributed by atoms with Crippen LogP contribution in [0.5, 0.6) is 0 Å². The summed E-state index contributed by atoms with van der Waals surface area (Å²) in [5, 5.41) is 1.98. The van der Waals surface area contributed by atoms with Crippen molar-refractivity contribution >= 4 is 23.5 Å². The van der Waals surface area contributed by atoms with Crippen LogP contribution in [0.4, 0.5) is 10.5 Å². The van der Waals surface area contributed by atoms with Gasteiger partial charge >= 0.3 is 17.8 Å². The molecule has 0 aromatic heterocycles. The molecular formula is C12H12N2O3. The van der Waals surface area contributed by atoms with E-state index in [-0.39, 0.29) is 5.92 Å². The molecule has 1 aliphatic rings. The number of carbonyl (C=O) groups excluding carboxylic acids is 3. The fourth-order valence-corrected chi connectivity index (χ4v) is 1.80. The number of hydrogen-bond acceptors (Lipinski definition) is 3. The zero-order chi connectivity index (χ0) is 12.6. The predicted octanol–water partition coefficient (Wildman–Crippen LogP) is 1.39. The van der Waals surface area contributed by atoms with Gasteiger partial charge < -0.3 is 0 Å². The summed E-state index contributed by atoms with van der Waals surface area (Å²) < 4.78 is 0. The molecule has 17 heavy (non-hydrogen) atoms. The molecule has 0 unspecified atom stereocenters. The van der Waals surface area contributed by atoms with E-state index < -0.39 is 17.8 Å². The molecule has 1 N–H and O–H groups in total. The van der Waals surface area contributed by atoms with Gasteiger partial charge in [-0.05, 0) is 17.5 Å².